The van der Waals surface area contributed by atoms with Crippen LogP contribution in [0.15, 0.2) is 0 Å². The van der Waals surface area contributed by atoms with Crippen molar-refractivity contribution >= 4 is 39.8 Å². The summed E-state index contributed by atoms with van der Waals surface area (Å²) >= 11 is 3.46. The fraction of sp³-hybridized carbons (Fsp3) is 0.895. The molecule has 2 atom stereocenters. The molecule has 0 spiro atoms. The molecule has 18 heteroatoms. The van der Waals surface area contributed by atoms with Gasteiger partial charge < -0.3 is 62.6 Å². The van der Waals surface area contributed by atoms with Gasteiger partial charge in [0.05, 0.1) is 124 Å². The summed E-state index contributed by atoms with van der Waals surface area (Å²) in [6, 6.07) is 0. The molecule has 0 bridgehead atoms. The van der Waals surface area contributed by atoms with E-state index in [1.165, 1.54) is 7.11 Å². The van der Waals surface area contributed by atoms with Crippen LogP contribution in [-0.4, -0.2) is 168 Å². The molecule has 0 amide bonds. The minimum Gasteiger partial charge on any atom is -0.469 e. The third kappa shape index (κ3) is 28.4. The summed E-state index contributed by atoms with van der Waals surface area (Å²) < 4.78 is 62.7. The van der Waals surface area contributed by atoms with Gasteiger partial charge in [-0.05, 0) is 59.8 Å². The highest BCUT2D eigenvalue weighted by atomic mass is 79.9. The lowest BCUT2D eigenvalue weighted by Gasteiger charge is -2.37. The number of hydrogen-bond donors (Lipinski definition) is 1. The fourth-order valence-electron chi connectivity index (χ4n) is 5.30. The maximum absolute atomic E-state index is 13.3. The molecule has 2 unspecified atom stereocenters. The number of rotatable bonds is 39. The molecule has 2 N–H and O–H groups in total. The molecule has 0 saturated carbocycles. The first kappa shape index (κ1) is 54.0. The lowest BCUT2D eigenvalue weighted by Crippen LogP contribution is -2.45. The highest BCUT2D eigenvalue weighted by molar-refractivity contribution is 9.10. The summed E-state index contributed by atoms with van der Waals surface area (Å²) in [5, 5.41) is 0. The van der Waals surface area contributed by atoms with Gasteiger partial charge in [0.2, 0.25) is 0 Å². The second kappa shape index (κ2) is 33.9. The molecule has 17 nitrogen and oxygen atoms in total. The Labute approximate surface area is 341 Å². The minimum absolute atomic E-state index is 0.0142. The summed E-state index contributed by atoms with van der Waals surface area (Å²) in [6.07, 6.45) is 2.18. The zero-order chi connectivity index (χ0) is 42.0. The Morgan fingerprint density at radius 1 is 0.482 bits per heavy atom. The van der Waals surface area contributed by atoms with E-state index in [4.69, 9.17) is 57.8 Å². The van der Waals surface area contributed by atoms with Gasteiger partial charge in [-0.15, -0.1) is 0 Å². The number of alkyl halides is 1. The Morgan fingerprint density at radius 2 is 0.893 bits per heavy atom. The van der Waals surface area contributed by atoms with E-state index in [1.807, 2.05) is 0 Å². The Hall–Kier alpha value is -2.00. The fourth-order valence-corrected chi connectivity index (χ4v) is 6.04. The summed E-state index contributed by atoms with van der Waals surface area (Å²) in [7, 11) is 2.97. The first-order valence-electron chi connectivity index (χ1n) is 19.3. The largest absolute Gasteiger partial charge is 0.469 e. The Bertz CT molecular complexity index is 1030. The predicted octanol–water partition coefficient (Wildman–Crippen LogP) is 3.04. The summed E-state index contributed by atoms with van der Waals surface area (Å²) in [6.45, 7) is 13.4. The van der Waals surface area contributed by atoms with E-state index in [-0.39, 0.29) is 51.8 Å². The molecule has 0 aliphatic rings. The first-order valence-corrected chi connectivity index (χ1v) is 20.1. The minimum atomic E-state index is -1.29. The Kier molecular flexibility index (Phi) is 32.7. The second-order valence-corrected chi connectivity index (χ2v) is 15.6. The van der Waals surface area contributed by atoms with Crippen molar-refractivity contribution in [1.29, 1.82) is 0 Å². The van der Waals surface area contributed by atoms with Crippen LogP contribution in [0, 0.1) is 10.8 Å². The van der Waals surface area contributed by atoms with Crippen LogP contribution in [-0.2, 0) is 76.0 Å². The van der Waals surface area contributed by atoms with Gasteiger partial charge >= 0.3 is 23.9 Å². The number of esters is 4. The summed E-state index contributed by atoms with van der Waals surface area (Å²) in [5.74, 6) is -1.97. The van der Waals surface area contributed by atoms with Crippen LogP contribution in [0.2, 0.25) is 0 Å². The maximum Gasteiger partial charge on any atom is 0.322 e. The number of halogens is 1. The van der Waals surface area contributed by atoms with Gasteiger partial charge in [0, 0.05) is 20.1 Å². The van der Waals surface area contributed by atoms with Crippen molar-refractivity contribution < 1.29 is 76.0 Å². The van der Waals surface area contributed by atoms with Gasteiger partial charge in [-0.3, -0.25) is 19.2 Å². The second-order valence-electron chi connectivity index (χ2n) is 13.9. The Morgan fingerprint density at radius 3 is 1.32 bits per heavy atom. The molecule has 330 valence electrons. The zero-order valence-corrected chi connectivity index (χ0v) is 36.3. The van der Waals surface area contributed by atoms with Crippen molar-refractivity contribution in [2.24, 2.45) is 16.6 Å². The van der Waals surface area contributed by atoms with Crippen LogP contribution >= 0.6 is 15.9 Å². The SMILES string of the molecule is COCCOCCOCCOCCOCCOCCOCCOCCOC(=O)C(C)(Br)CC(C)(CC(C)(C)C(=O)OCCCCCC(=O)OC)C(=O)OCCN. The van der Waals surface area contributed by atoms with Gasteiger partial charge in [-0.1, -0.05) is 15.9 Å². The van der Waals surface area contributed by atoms with Crippen molar-refractivity contribution in [3.63, 3.8) is 0 Å². The molecule has 0 rings (SSSR count). The molecule has 0 aromatic carbocycles. The molecule has 0 heterocycles. The van der Waals surface area contributed by atoms with Crippen molar-refractivity contribution in [2.75, 3.05) is 140 Å². The first-order chi connectivity index (χ1) is 26.8. The summed E-state index contributed by atoms with van der Waals surface area (Å²) in [4.78, 5) is 50.8. The lowest BCUT2D eigenvalue weighted by molar-refractivity contribution is -0.164. The van der Waals surface area contributed by atoms with E-state index >= 15 is 0 Å². The van der Waals surface area contributed by atoms with Crippen LogP contribution in [0.25, 0.3) is 0 Å². The molecule has 0 aromatic rings. The van der Waals surface area contributed by atoms with Gasteiger partial charge in [-0.2, -0.15) is 0 Å². The average molecular weight is 877 g/mol. The molecule has 0 aliphatic carbocycles. The molecule has 0 radical (unpaired) electrons. The maximum atomic E-state index is 13.3. The van der Waals surface area contributed by atoms with Crippen molar-refractivity contribution in [3.05, 3.63) is 0 Å². The lowest BCUT2D eigenvalue weighted by atomic mass is 9.69. The van der Waals surface area contributed by atoms with Gasteiger partial charge in [0.25, 0.3) is 0 Å². The number of methoxy groups -OCH3 is 2. The third-order valence-electron chi connectivity index (χ3n) is 7.99. The molecular weight excluding hydrogens is 806 g/mol. The quantitative estimate of drug-likeness (QED) is 0.0408. The van der Waals surface area contributed by atoms with Crippen LogP contribution < -0.4 is 5.73 Å². The molecule has 56 heavy (non-hydrogen) atoms. The molecule has 0 saturated heterocycles. The highest BCUT2D eigenvalue weighted by Crippen LogP contribution is 2.44. The van der Waals surface area contributed by atoms with E-state index in [9.17, 15) is 19.2 Å². The smallest absolute Gasteiger partial charge is 0.322 e. The van der Waals surface area contributed by atoms with Crippen LogP contribution in [0.3, 0.4) is 0 Å². The van der Waals surface area contributed by atoms with Gasteiger partial charge in [0.15, 0.2) is 0 Å². The number of hydrogen-bond acceptors (Lipinski definition) is 17. The summed E-state index contributed by atoms with van der Waals surface area (Å²) in [5.41, 5.74) is 3.17. The zero-order valence-electron chi connectivity index (χ0n) is 34.7. The van der Waals surface area contributed by atoms with E-state index in [2.05, 4.69) is 20.7 Å². The number of carbonyl (C=O) groups excluding carboxylic acids is 4. The van der Waals surface area contributed by atoms with E-state index < -0.39 is 33.1 Å². The standard InChI is InChI=1S/C38H70BrNO16/c1-36(2,33(42)54-12-9-7-8-10-32(41)46-6)30-37(3,34(43)55-13-11-40)31-38(4,39)35(44)56-29-28-53-27-26-52-25-24-51-23-22-50-21-20-49-19-18-48-17-16-47-15-14-45-5/h7-31,40H2,1-6H3. The van der Waals surface area contributed by atoms with E-state index in [1.54, 1.807) is 34.8 Å². The van der Waals surface area contributed by atoms with E-state index in [0.29, 0.717) is 118 Å². The number of carbonyl (C=O) groups is 4. The van der Waals surface area contributed by atoms with Crippen LogP contribution in [0.4, 0.5) is 0 Å². The normalized spacial score (nSPS) is 13.8. The number of ether oxygens (including phenoxy) is 12. The molecule has 0 aliphatic heterocycles. The molecule has 0 aromatic heterocycles. The number of unbranched alkanes of at least 4 members (excludes halogenated alkanes) is 2. The molecule has 0 fully saturated rings. The average Bonchev–Trinajstić information content (AvgIpc) is 3.15. The Balaban J connectivity index is 4.28. The van der Waals surface area contributed by atoms with Gasteiger partial charge in [-0.25, -0.2) is 0 Å². The highest BCUT2D eigenvalue weighted by Gasteiger charge is 2.49. The topological polar surface area (TPSA) is 205 Å². The molecular formula is C38H70BrNO16. The monoisotopic (exact) mass is 875 g/mol. The number of nitrogens with two attached hydrogens (primary N) is 1. The van der Waals surface area contributed by atoms with E-state index in [0.717, 1.165) is 0 Å². The van der Waals surface area contributed by atoms with Crippen molar-refractivity contribution in [3.8, 4) is 0 Å². The van der Waals surface area contributed by atoms with Crippen LogP contribution in [0.1, 0.15) is 66.2 Å². The third-order valence-corrected chi connectivity index (χ3v) is 8.59. The van der Waals surface area contributed by atoms with Crippen molar-refractivity contribution in [2.45, 2.75) is 70.5 Å². The van der Waals surface area contributed by atoms with Gasteiger partial charge in [0.1, 0.15) is 17.5 Å². The predicted molar refractivity (Wildman–Crippen MR) is 208 cm³/mol. The van der Waals surface area contributed by atoms with Crippen LogP contribution in [0.5, 0.6) is 0 Å². The van der Waals surface area contributed by atoms with Crippen molar-refractivity contribution in [1.82, 2.24) is 0 Å².